The molecule has 0 unspecified atom stereocenters. The van der Waals surface area contributed by atoms with Gasteiger partial charge in [-0.2, -0.15) is 0 Å². The van der Waals surface area contributed by atoms with Crippen LogP contribution in [0.25, 0.3) is 6.08 Å². The molecule has 0 saturated carbocycles. The molecule has 2 amide bonds. The van der Waals surface area contributed by atoms with Crippen LogP contribution in [0.4, 0.5) is 10.5 Å². The molecule has 32 heavy (non-hydrogen) atoms. The molecular formula is C25H20ClNO4S. The number of para-hydroxylation sites is 1. The summed E-state index contributed by atoms with van der Waals surface area (Å²) < 4.78 is 11.7. The topological polar surface area (TPSA) is 55.8 Å². The lowest BCUT2D eigenvalue weighted by Gasteiger charge is -2.13. The summed E-state index contributed by atoms with van der Waals surface area (Å²) in [5.74, 6) is 0.778. The lowest BCUT2D eigenvalue weighted by Crippen LogP contribution is -2.27. The lowest BCUT2D eigenvalue weighted by atomic mass is 10.1. The normalized spacial score (nSPS) is 14.8. The monoisotopic (exact) mass is 465 g/mol. The Labute approximate surface area is 195 Å². The number of amides is 2. The van der Waals surface area contributed by atoms with E-state index < -0.39 is 0 Å². The maximum absolute atomic E-state index is 12.8. The van der Waals surface area contributed by atoms with Crippen LogP contribution in [-0.4, -0.2) is 17.8 Å². The molecule has 0 bridgehead atoms. The van der Waals surface area contributed by atoms with E-state index in [2.05, 4.69) is 0 Å². The maximum atomic E-state index is 12.8. The van der Waals surface area contributed by atoms with Gasteiger partial charge in [0.05, 0.1) is 17.2 Å². The predicted octanol–water partition coefficient (Wildman–Crippen LogP) is 6.56. The van der Waals surface area contributed by atoms with Gasteiger partial charge in [0.2, 0.25) is 0 Å². The molecule has 5 nitrogen and oxygen atoms in total. The second kappa shape index (κ2) is 9.94. The van der Waals surface area contributed by atoms with E-state index in [0.29, 0.717) is 40.3 Å². The standard InChI is InChI=1S/C25H20ClNO4S/c1-2-30-22-14-17(12-13-21(22)31-16-18-8-6-7-11-20(18)26)15-23-24(28)27(25(29)32-23)19-9-4-3-5-10-19/h3-15H,2,16H2,1H3/b23-15-. The van der Waals surface area contributed by atoms with Gasteiger partial charge in [-0.15, -0.1) is 0 Å². The zero-order valence-electron chi connectivity index (χ0n) is 17.3. The summed E-state index contributed by atoms with van der Waals surface area (Å²) in [6.07, 6.45) is 1.69. The SMILES string of the molecule is CCOc1cc(/C=C2\SC(=O)N(c3ccccc3)C2=O)ccc1OCc1ccccc1Cl. The van der Waals surface area contributed by atoms with Crippen molar-refractivity contribution in [1.29, 1.82) is 0 Å². The number of carbonyl (C=O) groups excluding carboxylic acids is 2. The Balaban J connectivity index is 1.56. The molecule has 1 saturated heterocycles. The van der Waals surface area contributed by atoms with Crippen molar-refractivity contribution in [3.63, 3.8) is 0 Å². The van der Waals surface area contributed by atoms with Gasteiger partial charge < -0.3 is 9.47 Å². The van der Waals surface area contributed by atoms with Gasteiger partial charge in [0, 0.05) is 10.6 Å². The Bertz CT molecular complexity index is 1180. The van der Waals surface area contributed by atoms with E-state index in [0.717, 1.165) is 22.9 Å². The molecule has 7 heteroatoms. The van der Waals surface area contributed by atoms with Crippen LogP contribution in [0, 0.1) is 0 Å². The first-order valence-corrected chi connectivity index (χ1v) is 11.2. The van der Waals surface area contributed by atoms with Crippen molar-refractivity contribution < 1.29 is 19.1 Å². The van der Waals surface area contributed by atoms with Crippen molar-refractivity contribution in [3.8, 4) is 11.5 Å². The highest BCUT2D eigenvalue weighted by atomic mass is 35.5. The molecule has 0 aromatic heterocycles. The number of ether oxygens (including phenoxy) is 2. The van der Waals surface area contributed by atoms with E-state index >= 15 is 0 Å². The maximum Gasteiger partial charge on any atom is 0.298 e. The van der Waals surface area contributed by atoms with Crippen LogP contribution in [0.2, 0.25) is 5.02 Å². The van der Waals surface area contributed by atoms with Crippen LogP contribution in [0.15, 0.2) is 77.7 Å². The Morgan fingerprint density at radius 3 is 2.44 bits per heavy atom. The van der Waals surface area contributed by atoms with E-state index in [-0.39, 0.29) is 11.1 Å². The largest absolute Gasteiger partial charge is 0.490 e. The minimum Gasteiger partial charge on any atom is -0.490 e. The second-order valence-corrected chi connectivity index (χ2v) is 8.27. The van der Waals surface area contributed by atoms with Crippen LogP contribution >= 0.6 is 23.4 Å². The molecule has 1 aliphatic heterocycles. The van der Waals surface area contributed by atoms with Crippen LogP contribution in [0.5, 0.6) is 11.5 Å². The van der Waals surface area contributed by atoms with Gasteiger partial charge in [-0.1, -0.05) is 54.1 Å². The molecule has 1 heterocycles. The van der Waals surface area contributed by atoms with E-state index in [9.17, 15) is 9.59 Å². The molecule has 0 spiro atoms. The summed E-state index contributed by atoms with van der Waals surface area (Å²) in [6, 6.07) is 21.8. The van der Waals surface area contributed by atoms with Crippen molar-refractivity contribution in [2.24, 2.45) is 0 Å². The molecular weight excluding hydrogens is 446 g/mol. The Kier molecular flexibility index (Phi) is 6.83. The van der Waals surface area contributed by atoms with Crippen LogP contribution in [0.3, 0.4) is 0 Å². The molecule has 0 atom stereocenters. The van der Waals surface area contributed by atoms with Crippen LogP contribution < -0.4 is 14.4 Å². The summed E-state index contributed by atoms with van der Waals surface area (Å²) in [5.41, 5.74) is 2.16. The number of hydrogen-bond donors (Lipinski definition) is 0. The third kappa shape index (κ3) is 4.82. The first kappa shape index (κ1) is 22.0. The Morgan fingerprint density at radius 2 is 1.69 bits per heavy atom. The Morgan fingerprint density at radius 1 is 0.938 bits per heavy atom. The number of nitrogens with zero attached hydrogens (tertiary/aromatic N) is 1. The van der Waals surface area contributed by atoms with Crippen molar-refractivity contribution in [2.75, 3.05) is 11.5 Å². The van der Waals surface area contributed by atoms with E-state index in [4.69, 9.17) is 21.1 Å². The van der Waals surface area contributed by atoms with Crippen molar-refractivity contribution in [2.45, 2.75) is 13.5 Å². The average molecular weight is 466 g/mol. The van der Waals surface area contributed by atoms with Crippen molar-refractivity contribution in [3.05, 3.63) is 93.9 Å². The number of benzene rings is 3. The van der Waals surface area contributed by atoms with Gasteiger partial charge in [-0.05, 0) is 60.7 Å². The second-order valence-electron chi connectivity index (χ2n) is 6.87. The average Bonchev–Trinajstić information content (AvgIpc) is 3.07. The molecule has 162 valence electrons. The molecule has 0 aliphatic carbocycles. The molecule has 1 fully saturated rings. The summed E-state index contributed by atoms with van der Waals surface area (Å²) >= 11 is 7.12. The van der Waals surface area contributed by atoms with E-state index in [1.54, 1.807) is 42.5 Å². The highest BCUT2D eigenvalue weighted by molar-refractivity contribution is 8.19. The highest BCUT2D eigenvalue weighted by Gasteiger charge is 2.36. The number of thioether (sulfide) groups is 1. The number of halogens is 1. The number of carbonyl (C=O) groups is 2. The third-order valence-corrected chi connectivity index (χ3v) is 5.95. The van der Waals surface area contributed by atoms with Gasteiger partial charge >= 0.3 is 0 Å². The first-order chi connectivity index (χ1) is 15.6. The van der Waals surface area contributed by atoms with Gasteiger partial charge in [0.25, 0.3) is 11.1 Å². The zero-order chi connectivity index (χ0) is 22.5. The fraction of sp³-hybridized carbons (Fsp3) is 0.120. The van der Waals surface area contributed by atoms with E-state index in [1.165, 1.54) is 4.90 Å². The number of anilines is 1. The molecule has 0 radical (unpaired) electrons. The van der Waals surface area contributed by atoms with Crippen LogP contribution in [0.1, 0.15) is 18.1 Å². The third-order valence-electron chi connectivity index (χ3n) is 4.71. The summed E-state index contributed by atoms with van der Waals surface area (Å²) in [7, 11) is 0. The quantitative estimate of drug-likeness (QED) is 0.370. The fourth-order valence-corrected chi connectivity index (χ4v) is 4.22. The van der Waals surface area contributed by atoms with Crippen molar-refractivity contribution in [1.82, 2.24) is 0 Å². The van der Waals surface area contributed by atoms with Crippen LogP contribution in [-0.2, 0) is 11.4 Å². The fourth-order valence-electron chi connectivity index (χ4n) is 3.19. The smallest absolute Gasteiger partial charge is 0.298 e. The number of rotatable bonds is 7. The first-order valence-electron chi connectivity index (χ1n) is 10.0. The molecule has 3 aromatic carbocycles. The summed E-state index contributed by atoms with van der Waals surface area (Å²) in [5, 5.41) is 0.313. The number of imide groups is 1. The van der Waals surface area contributed by atoms with Gasteiger partial charge in [0.1, 0.15) is 6.61 Å². The molecule has 4 rings (SSSR count). The molecule has 1 aliphatic rings. The van der Waals surface area contributed by atoms with Gasteiger partial charge in [0.15, 0.2) is 11.5 Å². The molecule has 3 aromatic rings. The summed E-state index contributed by atoms with van der Waals surface area (Å²) in [4.78, 5) is 26.8. The zero-order valence-corrected chi connectivity index (χ0v) is 18.9. The lowest BCUT2D eigenvalue weighted by molar-refractivity contribution is -0.113. The predicted molar refractivity (Wildman–Crippen MR) is 128 cm³/mol. The highest BCUT2D eigenvalue weighted by Crippen LogP contribution is 2.37. The van der Waals surface area contributed by atoms with Gasteiger partial charge in [-0.25, -0.2) is 4.90 Å². The Hall–Kier alpha value is -3.22. The minimum absolute atomic E-state index is 0.301. The van der Waals surface area contributed by atoms with Crippen molar-refractivity contribution >= 4 is 46.3 Å². The summed E-state index contributed by atoms with van der Waals surface area (Å²) in [6.45, 7) is 2.64. The van der Waals surface area contributed by atoms with Gasteiger partial charge in [-0.3, -0.25) is 9.59 Å². The van der Waals surface area contributed by atoms with E-state index in [1.807, 2.05) is 43.3 Å². The minimum atomic E-state index is -0.344. The number of hydrogen-bond acceptors (Lipinski definition) is 5. The molecule has 0 N–H and O–H groups in total.